The second kappa shape index (κ2) is 7.65. The van der Waals surface area contributed by atoms with Crippen LogP contribution >= 0.6 is 0 Å². The van der Waals surface area contributed by atoms with Crippen LogP contribution in [0.4, 0.5) is 5.69 Å². The Morgan fingerprint density at radius 2 is 2.00 bits per heavy atom. The maximum Gasteiger partial charge on any atom is 0.251 e. The van der Waals surface area contributed by atoms with Crippen molar-refractivity contribution < 1.29 is 9.59 Å². The lowest BCUT2D eigenvalue weighted by molar-refractivity contribution is -0.120. The van der Waals surface area contributed by atoms with E-state index in [1.54, 1.807) is 31.3 Å². The molecule has 1 atom stereocenters. The van der Waals surface area contributed by atoms with Gasteiger partial charge in [-0.15, -0.1) is 0 Å². The molecule has 1 rings (SSSR count). The van der Waals surface area contributed by atoms with Gasteiger partial charge in [-0.05, 0) is 30.5 Å². The van der Waals surface area contributed by atoms with Crippen molar-refractivity contribution >= 4 is 17.5 Å². The summed E-state index contributed by atoms with van der Waals surface area (Å²) in [7, 11) is 1.57. The highest BCUT2D eigenvalue weighted by Crippen LogP contribution is 2.15. The van der Waals surface area contributed by atoms with Gasteiger partial charge in [0, 0.05) is 24.8 Å². The van der Waals surface area contributed by atoms with Crippen molar-refractivity contribution in [3.63, 3.8) is 0 Å². The Labute approximate surface area is 119 Å². The summed E-state index contributed by atoms with van der Waals surface area (Å²) < 4.78 is 0. The van der Waals surface area contributed by atoms with Crippen LogP contribution in [0.2, 0.25) is 0 Å². The third-order valence-corrected chi connectivity index (χ3v) is 3.03. The number of hydrogen-bond acceptors (Lipinski definition) is 3. The molecule has 1 unspecified atom stereocenters. The van der Waals surface area contributed by atoms with Gasteiger partial charge in [0.15, 0.2) is 0 Å². The average Bonchev–Trinajstić information content (AvgIpc) is 2.43. The molecule has 0 aromatic heterocycles. The Bertz CT molecular complexity index is 472. The van der Waals surface area contributed by atoms with E-state index < -0.39 is 0 Å². The third kappa shape index (κ3) is 4.66. The van der Waals surface area contributed by atoms with E-state index in [4.69, 9.17) is 5.73 Å². The molecular weight excluding hydrogens is 254 g/mol. The molecule has 0 aliphatic heterocycles. The van der Waals surface area contributed by atoms with Gasteiger partial charge in [-0.3, -0.25) is 9.59 Å². The van der Waals surface area contributed by atoms with Gasteiger partial charge in [-0.25, -0.2) is 0 Å². The number of amides is 2. The van der Waals surface area contributed by atoms with Crippen LogP contribution in [0.5, 0.6) is 0 Å². The minimum absolute atomic E-state index is 0.102. The van der Waals surface area contributed by atoms with Crippen LogP contribution in [0.25, 0.3) is 0 Å². The molecule has 20 heavy (non-hydrogen) atoms. The van der Waals surface area contributed by atoms with Crippen molar-refractivity contribution in [3.05, 3.63) is 29.8 Å². The Hall–Kier alpha value is -1.88. The third-order valence-electron chi connectivity index (χ3n) is 3.03. The molecule has 110 valence electrons. The van der Waals surface area contributed by atoms with E-state index in [0.29, 0.717) is 23.7 Å². The first-order valence-electron chi connectivity index (χ1n) is 6.81. The summed E-state index contributed by atoms with van der Waals surface area (Å²) in [6.45, 7) is 4.43. The number of carbonyl (C=O) groups excluding carboxylic acids is 2. The number of rotatable bonds is 6. The van der Waals surface area contributed by atoms with Crippen LogP contribution in [0.3, 0.4) is 0 Å². The van der Waals surface area contributed by atoms with Crippen LogP contribution in [0.1, 0.15) is 30.6 Å². The van der Waals surface area contributed by atoms with E-state index in [1.165, 1.54) is 0 Å². The quantitative estimate of drug-likeness (QED) is 0.738. The van der Waals surface area contributed by atoms with Gasteiger partial charge in [0.2, 0.25) is 5.91 Å². The van der Waals surface area contributed by atoms with Gasteiger partial charge in [-0.2, -0.15) is 0 Å². The molecule has 2 amide bonds. The van der Waals surface area contributed by atoms with E-state index in [-0.39, 0.29) is 17.7 Å². The zero-order valence-corrected chi connectivity index (χ0v) is 12.3. The van der Waals surface area contributed by atoms with Crippen molar-refractivity contribution in [2.45, 2.75) is 20.3 Å². The molecular formula is C15H23N3O2. The van der Waals surface area contributed by atoms with Gasteiger partial charge in [0.1, 0.15) is 0 Å². The zero-order valence-electron chi connectivity index (χ0n) is 12.3. The maximum atomic E-state index is 12.1. The molecule has 0 bridgehead atoms. The topological polar surface area (TPSA) is 84.2 Å². The molecule has 0 aliphatic rings. The maximum absolute atomic E-state index is 12.1. The smallest absolute Gasteiger partial charge is 0.251 e. The molecule has 1 aromatic carbocycles. The van der Waals surface area contributed by atoms with Gasteiger partial charge in [-0.1, -0.05) is 19.9 Å². The summed E-state index contributed by atoms with van der Waals surface area (Å²) in [5.41, 5.74) is 6.77. The second-order valence-corrected chi connectivity index (χ2v) is 5.21. The van der Waals surface area contributed by atoms with E-state index in [0.717, 1.165) is 6.42 Å². The van der Waals surface area contributed by atoms with Crippen molar-refractivity contribution in [2.75, 3.05) is 18.9 Å². The van der Waals surface area contributed by atoms with E-state index in [2.05, 4.69) is 24.5 Å². The second-order valence-electron chi connectivity index (χ2n) is 5.21. The van der Waals surface area contributed by atoms with Gasteiger partial charge < -0.3 is 16.4 Å². The lowest BCUT2D eigenvalue weighted by Crippen LogP contribution is -2.30. The van der Waals surface area contributed by atoms with Crippen molar-refractivity contribution in [3.8, 4) is 0 Å². The molecule has 1 aromatic rings. The Morgan fingerprint density at radius 1 is 1.30 bits per heavy atom. The highest BCUT2D eigenvalue weighted by Gasteiger charge is 2.18. The van der Waals surface area contributed by atoms with Crippen LogP contribution in [-0.4, -0.2) is 25.4 Å². The number of hydrogen-bond donors (Lipinski definition) is 3. The van der Waals surface area contributed by atoms with Crippen LogP contribution in [0.15, 0.2) is 24.3 Å². The van der Waals surface area contributed by atoms with E-state index >= 15 is 0 Å². The SMILES string of the molecule is CNC(=O)c1cccc(NC(=O)C(CN)CC(C)C)c1. The zero-order chi connectivity index (χ0) is 15.1. The molecule has 0 saturated heterocycles. The van der Waals surface area contributed by atoms with Crippen molar-refractivity contribution in [2.24, 2.45) is 17.6 Å². The molecule has 0 aliphatic carbocycles. The van der Waals surface area contributed by atoms with Crippen LogP contribution < -0.4 is 16.4 Å². The predicted octanol–water partition coefficient (Wildman–Crippen LogP) is 1.61. The Morgan fingerprint density at radius 3 is 2.55 bits per heavy atom. The first-order chi connectivity index (χ1) is 9.47. The predicted molar refractivity (Wildman–Crippen MR) is 80.5 cm³/mol. The van der Waals surface area contributed by atoms with Crippen molar-refractivity contribution in [1.29, 1.82) is 0 Å². The monoisotopic (exact) mass is 277 g/mol. The summed E-state index contributed by atoms with van der Waals surface area (Å²) in [4.78, 5) is 23.7. The van der Waals surface area contributed by atoms with Crippen LogP contribution in [0, 0.1) is 11.8 Å². The van der Waals surface area contributed by atoms with Gasteiger partial charge in [0.25, 0.3) is 5.91 Å². The average molecular weight is 277 g/mol. The first kappa shape index (κ1) is 16.2. The summed E-state index contributed by atoms with van der Waals surface area (Å²) in [6.07, 6.45) is 0.747. The molecule has 0 saturated carbocycles. The summed E-state index contributed by atoms with van der Waals surface area (Å²) in [5.74, 6) is -0.0842. The Balaban J connectivity index is 2.77. The largest absolute Gasteiger partial charge is 0.355 e. The number of nitrogens with two attached hydrogens (primary N) is 1. The molecule has 0 heterocycles. The number of carbonyl (C=O) groups is 2. The molecule has 5 nitrogen and oxygen atoms in total. The first-order valence-corrected chi connectivity index (χ1v) is 6.81. The minimum atomic E-state index is -0.210. The highest BCUT2D eigenvalue weighted by atomic mass is 16.2. The minimum Gasteiger partial charge on any atom is -0.355 e. The number of benzene rings is 1. The molecule has 0 radical (unpaired) electrons. The number of anilines is 1. The molecule has 4 N–H and O–H groups in total. The lowest BCUT2D eigenvalue weighted by atomic mass is 9.96. The lowest BCUT2D eigenvalue weighted by Gasteiger charge is -2.17. The molecule has 0 spiro atoms. The standard InChI is InChI=1S/C15H23N3O2/c1-10(2)7-12(9-16)15(20)18-13-6-4-5-11(8-13)14(19)17-3/h4-6,8,10,12H,7,9,16H2,1-3H3,(H,17,19)(H,18,20). The summed E-state index contributed by atoms with van der Waals surface area (Å²) >= 11 is 0. The molecule has 5 heteroatoms. The van der Waals surface area contributed by atoms with E-state index in [9.17, 15) is 9.59 Å². The fourth-order valence-corrected chi connectivity index (χ4v) is 2.01. The van der Waals surface area contributed by atoms with Gasteiger partial charge in [0.05, 0.1) is 5.92 Å². The summed E-state index contributed by atoms with van der Waals surface area (Å²) in [5, 5.41) is 5.37. The fourth-order valence-electron chi connectivity index (χ4n) is 2.01. The fraction of sp³-hybridized carbons (Fsp3) is 0.467. The van der Waals surface area contributed by atoms with Crippen LogP contribution in [-0.2, 0) is 4.79 Å². The number of nitrogens with one attached hydrogen (secondary N) is 2. The van der Waals surface area contributed by atoms with Gasteiger partial charge >= 0.3 is 0 Å². The summed E-state index contributed by atoms with van der Waals surface area (Å²) in [6, 6.07) is 6.84. The molecule has 0 fully saturated rings. The Kier molecular flexibility index (Phi) is 6.18. The van der Waals surface area contributed by atoms with Crippen molar-refractivity contribution in [1.82, 2.24) is 5.32 Å². The highest BCUT2D eigenvalue weighted by molar-refractivity contribution is 5.97. The normalized spacial score (nSPS) is 12.1. The van der Waals surface area contributed by atoms with E-state index in [1.807, 2.05) is 0 Å².